The minimum atomic E-state index is -3.42. The predicted molar refractivity (Wildman–Crippen MR) is 64.2 cm³/mol. The van der Waals surface area contributed by atoms with Crippen LogP contribution in [0.5, 0.6) is 5.75 Å². The van der Waals surface area contributed by atoms with Crippen molar-refractivity contribution in [3.05, 3.63) is 30.1 Å². The van der Waals surface area contributed by atoms with Crippen LogP contribution in [0.4, 0.5) is 4.39 Å². The van der Waals surface area contributed by atoms with Crippen LogP contribution in [-0.2, 0) is 10.0 Å². The predicted octanol–water partition coefficient (Wildman–Crippen LogP) is 1.66. The zero-order valence-electron chi connectivity index (χ0n) is 9.27. The number of sulfonamides is 1. The lowest BCUT2D eigenvalue weighted by molar-refractivity contribution is 0.286. The standard InChI is InChI=1S/C10H13ClFNO3S/c1-13(17(14,15)8-11)5-6-16-10-4-2-3-9(12)7-10/h2-4,7H,5-6,8H2,1H3. The molecule has 0 aliphatic carbocycles. The maximum Gasteiger partial charge on any atom is 0.228 e. The van der Waals surface area contributed by atoms with Crippen molar-refractivity contribution in [3.8, 4) is 5.75 Å². The molecule has 0 radical (unpaired) electrons. The highest BCUT2D eigenvalue weighted by Gasteiger charge is 2.15. The van der Waals surface area contributed by atoms with Gasteiger partial charge < -0.3 is 4.74 Å². The van der Waals surface area contributed by atoms with Crippen molar-refractivity contribution in [1.82, 2.24) is 4.31 Å². The van der Waals surface area contributed by atoms with E-state index in [-0.39, 0.29) is 13.2 Å². The highest BCUT2D eigenvalue weighted by molar-refractivity contribution is 7.90. The summed E-state index contributed by atoms with van der Waals surface area (Å²) in [7, 11) is -2.01. The molecule has 96 valence electrons. The molecular weight excluding hydrogens is 269 g/mol. The van der Waals surface area contributed by atoms with E-state index in [0.717, 1.165) is 4.31 Å². The monoisotopic (exact) mass is 281 g/mol. The summed E-state index contributed by atoms with van der Waals surface area (Å²) in [6.45, 7) is 0.293. The van der Waals surface area contributed by atoms with Crippen LogP contribution >= 0.6 is 11.6 Å². The molecule has 7 heteroatoms. The van der Waals surface area contributed by atoms with Gasteiger partial charge in [-0.15, -0.1) is 11.6 Å². The highest BCUT2D eigenvalue weighted by Crippen LogP contribution is 2.11. The molecule has 0 aromatic heterocycles. The molecule has 1 aromatic rings. The highest BCUT2D eigenvalue weighted by atomic mass is 35.5. The van der Waals surface area contributed by atoms with Crippen molar-refractivity contribution in [2.45, 2.75) is 0 Å². The number of halogens is 2. The van der Waals surface area contributed by atoms with Crippen molar-refractivity contribution in [2.24, 2.45) is 0 Å². The van der Waals surface area contributed by atoms with Gasteiger partial charge in [0.05, 0.1) is 0 Å². The van der Waals surface area contributed by atoms with E-state index in [2.05, 4.69) is 0 Å². The minimum Gasteiger partial charge on any atom is -0.492 e. The summed E-state index contributed by atoms with van der Waals surface area (Å²) < 4.78 is 41.6. The van der Waals surface area contributed by atoms with Gasteiger partial charge in [-0.05, 0) is 12.1 Å². The normalized spacial score (nSPS) is 11.8. The van der Waals surface area contributed by atoms with Crippen LogP contribution in [0.25, 0.3) is 0 Å². The number of nitrogens with zero attached hydrogens (tertiary/aromatic N) is 1. The lowest BCUT2D eigenvalue weighted by atomic mass is 10.3. The molecule has 0 amide bonds. The maximum absolute atomic E-state index is 12.8. The van der Waals surface area contributed by atoms with E-state index >= 15 is 0 Å². The topological polar surface area (TPSA) is 46.6 Å². The minimum absolute atomic E-state index is 0.135. The summed E-state index contributed by atoms with van der Waals surface area (Å²) in [4.78, 5) is 0. The Kier molecular flexibility index (Phi) is 5.17. The molecule has 4 nitrogen and oxygen atoms in total. The second-order valence-electron chi connectivity index (χ2n) is 3.35. The number of hydrogen-bond acceptors (Lipinski definition) is 3. The van der Waals surface area contributed by atoms with Crippen LogP contribution in [0.3, 0.4) is 0 Å². The van der Waals surface area contributed by atoms with Crippen LogP contribution in [-0.4, -0.2) is 38.1 Å². The smallest absolute Gasteiger partial charge is 0.228 e. The fourth-order valence-electron chi connectivity index (χ4n) is 1.07. The summed E-state index contributed by atoms with van der Waals surface area (Å²) in [5.41, 5.74) is 0. The van der Waals surface area contributed by atoms with Crippen molar-refractivity contribution in [1.29, 1.82) is 0 Å². The first kappa shape index (κ1) is 14.2. The van der Waals surface area contributed by atoms with E-state index in [9.17, 15) is 12.8 Å². The van der Waals surface area contributed by atoms with Gasteiger partial charge in [0.15, 0.2) is 0 Å². The third-order valence-electron chi connectivity index (χ3n) is 2.08. The van der Waals surface area contributed by atoms with Gasteiger partial charge in [-0.1, -0.05) is 6.07 Å². The first-order chi connectivity index (χ1) is 7.95. The molecular formula is C10H13ClFNO3S. The Morgan fingerprint density at radius 2 is 2.18 bits per heavy atom. The van der Waals surface area contributed by atoms with Crippen LogP contribution in [0.1, 0.15) is 0 Å². The second-order valence-corrected chi connectivity index (χ2v) is 6.01. The van der Waals surface area contributed by atoms with Crippen molar-refractivity contribution >= 4 is 21.6 Å². The molecule has 17 heavy (non-hydrogen) atoms. The van der Waals surface area contributed by atoms with Gasteiger partial charge in [0.25, 0.3) is 0 Å². The Hall–Kier alpha value is -0.850. The number of rotatable bonds is 6. The van der Waals surface area contributed by atoms with Crippen LogP contribution < -0.4 is 4.74 Å². The number of hydrogen-bond donors (Lipinski definition) is 0. The van der Waals surface area contributed by atoms with Gasteiger partial charge >= 0.3 is 0 Å². The number of benzene rings is 1. The quantitative estimate of drug-likeness (QED) is 0.745. The number of ether oxygens (including phenoxy) is 1. The average molecular weight is 282 g/mol. The molecule has 0 spiro atoms. The molecule has 1 aromatic carbocycles. The summed E-state index contributed by atoms with van der Waals surface area (Å²) in [5, 5.41) is -0.469. The van der Waals surface area contributed by atoms with Crippen molar-refractivity contribution in [3.63, 3.8) is 0 Å². The lowest BCUT2D eigenvalue weighted by Crippen LogP contribution is -2.31. The Morgan fingerprint density at radius 1 is 1.47 bits per heavy atom. The SMILES string of the molecule is CN(CCOc1cccc(F)c1)S(=O)(=O)CCl. The molecule has 0 aliphatic heterocycles. The maximum atomic E-state index is 12.8. The van der Waals surface area contributed by atoms with Gasteiger partial charge in [0, 0.05) is 19.7 Å². The first-order valence-corrected chi connectivity index (χ1v) is 6.98. The second kappa shape index (κ2) is 6.18. The van der Waals surface area contributed by atoms with Gasteiger partial charge in [-0.2, -0.15) is 0 Å². The van der Waals surface area contributed by atoms with Crippen molar-refractivity contribution < 1.29 is 17.5 Å². The zero-order valence-corrected chi connectivity index (χ0v) is 10.8. The van der Waals surface area contributed by atoms with Crippen LogP contribution in [0.15, 0.2) is 24.3 Å². The Balaban J connectivity index is 2.43. The first-order valence-electron chi connectivity index (χ1n) is 4.84. The van der Waals surface area contributed by atoms with E-state index < -0.39 is 21.1 Å². The number of alkyl halides is 1. The summed E-state index contributed by atoms with van der Waals surface area (Å²) in [5.74, 6) is -0.0362. The third kappa shape index (κ3) is 4.49. The summed E-state index contributed by atoms with van der Waals surface area (Å²) in [6.07, 6.45) is 0. The van der Waals surface area contributed by atoms with Gasteiger partial charge in [-0.3, -0.25) is 0 Å². The van der Waals surface area contributed by atoms with Gasteiger partial charge in [0.1, 0.15) is 23.4 Å². The fraction of sp³-hybridized carbons (Fsp3) is 0.400. The zero-order chi connectivity index (χ0) is 12.9. The van der Waals surface area contributed by atoms with E-state index in [1.165, 1.54) is 25.2 Å². The van der Waals surface area contributed by atoms with Gasteiger partial charge in [-0.25, -0.2) is 17.1 Å². The van der Waals surface area contributed by atoms with Crippen LogP contribution in [0, 0.1) is 5.82 Å². The molecule has 0 bridgehead atoms. The molecule has 0 N–H and O–H groups in total. The third-order valence-corrected chi connectivity index (χ3v) is 4.32. The average Bonchev–Trinajstić information content (AvgIpc) is 2.29. The molecule has 1 rings (SSSR count). The molecule has 0 aliphatic rings. The van der Waals surface area contributed by atoms with Crippen molar-refractivity contribution in [2.75, 3.05) is 25.4 Å². The molecule has 0 fully saturated rings. The Bertz CT molecular complexity index is 466. The van der Waals surface area contributed by atoms with E-state index in [0.29, 0.717) is 5.75 Å². The summed E-state index contributed by atoms with van der Waals surface area (Å²) >= 11 is 5.28. The molecule has 0 unspecified atom stereocenters. The number of likely N-dealkylation sites (N-methyl/N-ethyl adjacent to an activating group) is 1. The molecule has 0 saturated heterocycles. The molecule has 0 heterocycles. The molecule has 0 atom stereocenters. The largest absolute Gasteiger partial charge is 0.492 e. The fourth-order valence-corrected chi connectivity index (χ4v) is 2.09. The van der Waals surface area contributed by atoms with E-state index in [4.69, 9.17) is 16.3 Å². The van der Waals surface area contributed by atoms with E-state index in [1.54, 1.807) is 6.07 Å². The lowest BCUT2D eigenvalue weighted by Gasteiger charge is -2.15. The summed E-state index contributed by atoms with van der Waals surface area (Å²) in [6, 6.07) is 5.65. The Morgan fingerprint density at radius 3 is 2.76 bits per heavy atom. The van der Waals surface area contributed by atoms with Crippen LogP contribution in [0.2, 0.25) is 0 Å². The van der Waals surface area contributed by atoms with Gasteiger partial charge in [0.2, 0.25) is 10.0 Å². The molecule has 0 saturated carbocycles. The van der Waals surface area contributed by atoms with E-state index in [1.807, 2.05) is 0 Å². The Labute approximate surface area is 105 Å².